The number of pyridine rings is 1. The van der Waals surface area contributed by atoms with Crippen molar-refractivity contribution in [2.24, 2.45) is 7.05 Å². The summed E-state index contributed by atoms with van der Waals surface area (Å²) in [5.41, 5.74) is 2.95. The van der Waals surface area contributed by atoms with Gasteiger partial charge in [0.05, 0.1) is 17.5 Å². The molecule has 0 saturated heterocycles. The maximum atomic E-state index is 5.94. The highest BCUT2D eigenvalue weighted by atomic mass is 35.5. The van der Waals surface area contributed by atoms with Crippen LogP contribution in [0.25, 0.3) is 11.0 Å². The van der Waals surface area contributed by atoms with Crippen LogP contribution in [0.3, 0.4) is 0 Å². The molecule has 0 fully saturated rings. The van der Waals surface area contributed by atoms with Gasteiger partial charge in [-0.25, -0.2) is 9.97 Å². The fourth-order valence-corrected chi connectivity index (χ4v) is 1.72. The van der Waals surface area contributed by atoms with Gasteiger partial charge < -0.3 is 4.57 Å². The molecule has 74 valence electrons. The highest BCUT2D eigenvalue weighted by Crippen LogP contribution is 2.24. The second-order valence-electron chi connectivity index (χ2n) is 3.71. The number of aromatic nitrogens is 3. The van der Waals surface area contributed by atoms with Crippen molar-refractivity contribution < 1.29 is 0 Å². The molecular weight excluding hydrogens is 198 g/mol. The summed E-state index contributed by atoms with van der Waals surface area (Å²) in [6.07, 6.45) is 1.79. The standard InChI is InChI=1S/C10H12ClN3/c1-6(2)9-10-7(4-8(11)13-9)14(3)5-12-10/h4-6H,1-3H3. The van der Waals surface area contributed by atoms with Crippen molar-refractivity contribution in [3.05, 3.63) is 23.2 Å². The van der Waals surface area contributed by atoms with E-state index in [1.807, 2.05) is 17.7 Å². The van der Waals surface area contributed by atoms with Crippen LogP contribution in [-0.4, -0.2) is 14.5 Å². The van der Waals surface area contributed by atoms with E-state index in [1.54, 1.807) is 6.33 Å². The zero-order chi connectivity index (χ0) is 10.3. The first kappa shape index (κ1) is 9.46. The number of nitrogens with zero attached hydrogens (tertiary/aromatic N) is 3. The zero-order valence-corrected chi connectivity index (χ0v) is 9.21. The molecular formula is C10H12ClN3. The zero-order valence-electron chi connectivity index (χ0n) is 8.45. The number of halogens is 1. The van der Waals surface area contributed by atoms with Gasteiger partial charge in [0.25, 0.3) is 0 Å². The first-order chi connectivity index (χ1) is 6.59. The Morgan fingerprint density at radius 2 is 2.14 bits per heavy atom. The van der Waals surface area contributed by atoms with Crippen molar-refractivity contribution >= 4 is 22.6 Å². The minimum atomic E-state index is 0.339. The van der Waals surface area contributed by atoms with E-state index >= 15 is 0 Å². The minimum absolute atomic E-state index is 0.339. The molecule has 0 spiro atoms. The molecule has 0 saturated carbocycles. The van der Waals surface area contributed by atoms with Crippen LogP contribution in [0.15, 0.2) is 12.4 Å². The molecule has 0 N–H and O–H groups in total. The summed E-state index contributed by atoms with van der Waals surface area (Å²) in [5, 5.41) is 0.532. The average molecular weight is 210 g/mol. The molecule has 14 heavy (non-hydrogen) atoms. The lowest BCUT2D eigenvalue weighted by atomic mass is 10.1. The fraction of sp³-hybridized carbons (Fsp3) is 0.400. The third-order valence-corrected chi connectivity index (χ3v) is 2.45. The van der Waals surface area contributed by atoms with Gasteiger partial charge in [0.15, 0.2) is 0 Å². The summed E-state index contributed by atoms with van der Waals surface area (Å²) >= 11 is 5.94. The van der Waals surface area contributed by atoms with Gasteiger partial charge in [0, 0.05) is 13.1 Å². The highest BCUT2D eigenvalue weighted by molar-refractivity contribution is 6.30. The topological polar surface area (TPSA) is 30.7 Å². The van der Waals surface area contributed by atoms with Crippen molar-refractivity contribution in [3.8, 4) is 0 Å². The van der Waals surface area contributed by atoms with E-state index in [4.69, 9.17) is 11.6 Å². The molecule has 0 aromatic carbocycles. The summed E-state index contributed by atoms with van der Waals surface area (Å²) in [6.45, 7) is 4.18. The average Bonchev–Trinajstić information content (AvgIpc) is 2.47. The lowest BCUT2D eigenvalue weighted by molar-refractivity contribution is 0.831. The van der Waals surface area contributed by atoms with Gasteiger partial charge in [-0.1, -0.05) is 25.4 Å². The van der Waals surface area contributed by atoms with Gasteiger partial charge in [-0.05, 0) is 5.92 Å². The molecule has 3 nitrogen and oxygen atoms in total. The van der Waals surface area contributed by atoms with Gasteiger partial charge >= 0.3 is 0 Å². The molecule has 0 radical (unpaired) electrons. The Balaban J connectivity index is 2.82. The van der Waals surface area contributed by atoms with E-state index in [2.05, 4.69) is 23.8 Å². The molecule has 0 aliphatic rings. The monoisotopic (exact) mass is 209 g/mol. The van der Waals surface area contributed by atoms with Crippen LogP contribution in [0, 0.1) is 0 Å². The van der Waals surface area contributed by atoms with E-state index in [1.165, 1.54) is 0 Å². The quantitative estimate of drug-likeness (QED) is 0.677. The third kappa shape index (κ3) is 1.38. The van der Waals surface area contributed by atoms with Crippen LogP contribution >= 0.6 is 11.6 Å². The van der Waals surface area contributed by atoms with Crippen LogP contribution < -0.4 is 0 Å². The van der Waals surface area contributed by atoms with Crippen LogP contribution in [0.1, 0.15) is 25.5 Å². The van der Waals surface area contributed by atoms with E-state index in [0.717, 1.165) is 16.7 Å². The predicted molar refractivity (Wildman–Crippen MR) is 57.6 cm³/mol. The van der Waals surface area contributed by atoms with Gasteiger partial charge in [-0.2, -0.15) is 0 Å². The highest BCUT2D eigenvalue weighted by Gasteiger charge is 2.11. The molecule has 2 aromatic rings. The van der Waals surface area contributed by atoms with Gasteiger partial charge in [0.2, 0.25) is 0 Å². The van der Waals surface area contributed by atoms with Crippen LogP contribution in [0.2, 0.25) is 5.15 Å². The van der Waals surface area contributed by atoms with E-state index in [-0.39, 0.29) is 0 Å². The number of aryl methyl sites for hydroxylation is 1. The fourth-order valence-electron chi connectivity index (χ4n) is 1.52. The Hall–Kier alpha value is -1.09. The Morgan fingerprint density at radius 3 is 2.79 bits per heavy atom. The van der Waals surface area contributed by atoms with Gasteiger partial charge in [-0.15, -0.1) is 0 Å². The molecule has 0 aliphatic carbocycles. The second kappa shape index (κ2) is 3.24. The molecule has 2 heterocycles. The Kier molecular flexibility index (Phi) is 2.19. The number of fused-ring (bicyclic) bond motifs is 1. The first-order valence-corrected chi connectivity index (χ1v) is 4.95. The van der Waals surface area contributed by atoms with Crippen LogP contribution in [0.5, 0.6) is 0 Å². The van der Waals surface area contributed by atoms with Gasteiger partial charge in [-0.3, -0.25) is 0 Å². The Bertz CT molecular complexity index is 473. The second-order valence-corrected chi connectivity index (χ2v) is 4.10. The molecule has 0 aliphatic heterocycles. The maximum absolute atomic E-state index is 5.94. The molecule has 0 amide bonds. The molecule has 2 aromatic heterocycles. The summed E-state index contributed by atoms with van der Waals surface area (Å²) in [6, 6.07) is 1.84. The lowest BCUT2D eigenvalue weighted by Crippen LogP contribution is -1.95. The number of hydrogen-bond donors (Lipinski definition) is 0. The SMILES string of the molecule is CC(C)c1nc(Cl)cc2c1ncn2C. The summed E-state index contributed by atoms with van der Waals surface area (Å²) in [5.74, 6) is 0.339. The van der Waals surface area contributed by atoms with E-state index in [9.17, 15) is 0 Å². The molecule has 0 atom stereocenters. The molecule has 2 rings (SSSR count). The minimum Gasteiger partial charge on any atom is -0.334 e. The first-order valence-electron chi connectivity index (χ1n) is 4.57. The van der Waals surface area contributed by atoms with Crippen molar-refractivity contribution in [2.45, 2.75) is 19.8 Å². The van der Waals surface area contributed by atoms with Gasteiger partial charge in [0.1, 0.15) is 10.7 Å². The lowest BCUT2D eigenvalue weighted by Gasteiger charge is -2.05. The molecule has 4 heteroatoms. The Morgan fingerprint density at radius 1 is 1.43 bits per heavy atom. The molecule has 0 bridgehead atoms. The van der Waals surface area contributed by atoms with E-state index < -0.39 is 0 Å². The van der Waals surface area contributed by atoms with Crippen molar-refractivity contribution in [2.75, 3.05) is 0 Å². The maximum Gasteiger partial charge on any atom is 0.131 e. The van der Waals surface area contributed by atoms with Crippen molar-refractivity contribution in [1.29, 1.82) is 0 Å². The largest absolute Gasteiger partial charge is 0.334 e. The van der Waals surface area contributed by atoms with Crippen LogP contribution in [-0.2, 0) is 7.05 Å². The predicted octanol–water partition coefficient (Wildman–Crippen LogP) is 2.75. The third-order valence-electron chi connectivity index (χ3n) is 2.26. The summed E-state index contributed by atoms with van der Waals surface area (Å²) in [7, 11) is 1.95. The normalized spacial score (nSPS) is 11.5. The van der Waals surface area contributed by atoms with E-state index in [0.29, 0.717) is 11.1 Å². The smallest absolute Gasteiger partial charge is 0.131 e. The number of imidazole rings is 1. The summed E-state index contributed by atoms with van der Waals surface area (Å²) < 4.78 is 1.95. The number of hydrogen-bond acceptors (Lipinski definition) is 2. The van der Waals surface area contributed by atoms with Crippen LogP contribution in [0.4, 0.5) is 0 Å². The number of rotatable bonds is 1. The van der Waals surface area contributed by atoms with Crippen molar-refractivity contribution in [3.63, 3.8) is 0 Å². The Labute approximate surface area is 87.7 Å². The van der Waals surface area contributed by atoms with Crippen molar-refractivity contribution in [1.82, 2.24) is 14.5 Å². The molecule has 0 unspecified atom stereocenters. The summed E-state index contributed by atoms with van der Waals surface area (Å²) in [4.78, 5) is 8.63.